The first-order chi connectivity index (χ1) is 8.54. The fourth-order valence-electron chi connectivity index (χ4n) is 1.18. The third kappa shape index (κ3) is 3.02. The van der Waals surface area contributed by atoms with Crippen LogP contribution in [0.1, 0.15) is 0 Å². The van der Waals surface area contributed by atoms with Crippen molar-refractivity contribution in [3.05, 3.63) is 44.9 Å². The lowest BCUT2D eigenvalue weighted by molar-refractivity contribution is -0.384. The van der Waals surface area contributed by atoms with Crippen LogP contribution in [0.4, 0.5) is 17.3 Å². The molecule has 1 aromatic carbocycles. The average molecular weight is 286 g/mol. The molecule has 9 heteroatoms. The van der Waals surface area contributed by atoms with Crippen LogP contribution >= 0.6 is 23.2 Å². The Labute approximate surface area is 111 Å². The number of hydrogen-bond acceptors (Lipinski definition) is 6. The topological polar surface area (TPSA) is 93.8 Å². The van der Waals surface area contributed by atoms with E-state index in [2.05, 4.69) is 20.3 Å². The summed E-state index contributed by atoms with van der Waals surface area (Å²) < 4.78 is 0. The maximum absolute atomic E-state index is 10.5. The molecule has 0 saturated carbocycles. The molecule has 1 heterocycles. The number of nitrogens with one attached hydrogen (secondary N) is 1. The molecule has 7 nitrogen and oxygen atoms in total. The van der Waals surface area contributed by atoms with E-state index in [-0.39, 0.29) is 22.2 Å². The second-order valence-electron chi connectivity index (χ2n) is 3.13. The number of anilines is 2. The van der Waals surface area contributed by atoms with Crippen molar-refractivity contribution in [2.75, 3.05) is 5.32 Å². The quantitative estimate of drug-likeness (QED) is 0.688. The Morgan fingerprint density at radius 3 is 2.11 bits per heavy atom. The largest absolute Gasteiger partial charge is 0.324 e. The van der Waals surface area contributed by atoms with Gasteiger partial charge in [0.15, 0.2) is 0 Å². The number of nitro benzene ring substituents is 1. The smallest absolute Gasteiger partial charge is 0.269 e. The highest BCUT2D eigenvalue weighted by Gasteiger charge is 2.06. The van der Waals surface area contributed by atoms with Gasteiger partial charge in [-0.2, -0.15) is 15.0 Å². The summed E-state index contributed by atoms with van der Waals surface area (Å²) in [5, 5.41) is 13.2. The van der Waals surface area contributed by atoms with Crippen molar-refractivity contribution in [2.24, 2.45) is 0 Å². The van der Waals surface area contributed by atoms with Crippen LogP contribution in [0.3, 0.4) is 0 Å². The first kappa shape index (κ1) is 12.5. The molecule has 0 spiro atoms. The van der Waals surface area contributed by atoms with Crippen molar-refractivity contribution in [2.45, 2.75) is 0 Å². The number of halogens is 2. The van der Waals surface area contributed by atoms with E-state index in [1.54, 1.807) is 0 Å². The van der Waals surface area contributed by atoms with E-state index in [1.165, 1.54) is 24.3 Å². The van der Waals surface area contributed by atoms with Gasteiger partial charge in [-0.25, -0.2) is 0 Å². The van der Waals surface area contributed by atoms with Crippen LogP contribution in [0.2, 0.25) is 10.6 Å². The van der Waals surface area contributed by atoms with Crippen LogP contribution in [0, 0.1) is 10.1 Å². The zero-order chi connectivity index (χ0) is 13.1. The standard InChI is InChI=1S/C9H5Cl2N5O2/c10-7-13-8(11)15-9(14-7)12-5-1-3-6(4-2-5)16(17)18/h1-4H,(H,12,13,14,15). The molecule has 0 atom stereocenters. The molecule has 0 amide bonds. The van der Waals surface area contributed by atoms with Gasteiger partial charge in [0.05, 0.1) is 4.92 Å². The predicted octanol–water partition coefficient (Wildman–Crippen LogP) is 2.83. The van der Waals surface area contributed by atoms with Crippen LogP contribution in [0.15, 0.2) is 24.3 Å². The van der Waals surface area contributed by atoms with E-state index in [0.29, 0.717) is 5.69 Å². The first-order valence-electron chi connectivity index (χ1n) is 4.63. The van der Waals surface area contributed by atoms with E-state index in [0.717, 1.165) is 0 Å². The van der Waals surface area contributed by atoms with Crippen molar-refractivity contribution in [3.63, 3.8) is 0 Å². The Bertz CT molecular complexity index is 570. The Morgan fingerprint density at radius 2 is 1.61 bits per heavy atom. The van der Waals surface area contributed by atoms with Crippen LogP contribution in [0.5, 0.6) is 0 Å². The minimum atomic E-state index is -0.486. The molecule has 0 unspecified atom stereocenters. The number of aromatic nitrogens is 3. The van der Waals surface area contributed by atoms with E-state index < -0.39 is 4.92 Å². The van der Waals surface area contributed by atoms with Gasteiger partial charge in [0.25, 0.3) is 5.69 Å². The predicted molar refractivity (Wildman–Crippen MR) is 66.2 cm³/mol. The maximum Gasteiger partial charge on any atom is 0.269 e. The minimum Gasteiger partial charge on any atom is -0.324 e. The molecule has 0 saturated heterocycles. The Balaban J connectivity index is 2.20. The molecule has 92 valence electrons. The van der Waals surface area contributed by atoms with E-state index in [9.17, 15) is 10.1 Å². The lowest BCUT2D eigenvalue weighted by Crippen LogP contribution is -1.99. The number of hydrogen-bond donors (Lipinski definition) is 1. The molecule has 2 aromatic rings. The zero-order valence-corrected chi connectivity index (χ0v) is 10.2. The Morgan fingerprint density at radius 1 is 1.06 bits per heavy atom. The van der Waals surface area contributed by atoms with E-state index in [1.807, 2.05) is 0 Å². The molecule has 18 heavy (non-hydrogen) atoms. The van der Waals surface area contributed by atoms with Crippen molar-refractivity contribution in [1.82, 2.24) is 15.0 Å². The highest BCUT2D eigenvalue weighted by Crippen LogP contribution is 2.19. The lowest BCUT2D eigenvalue weighted by Gasteiger charge is -2.04. The first-order valence-corrected chi connectivity index (χ1v) is 5.39. The van der Waals surface area contributed by atoms with E-state index >= 15 is 0 Å². The third-order valence-corrected chi connectivity index (χ3v) is 2.25. The SMILES string of the molecule is O=[N+]([O-])c1ccc(Nc2nc(Cl)nc(Cl)n2)cc1. The van der Waals surface area contributed by atoms with Crippen LogP contribution in [-0.2, 0) is 0 Å². The second kappa shape index (κ2) is 5.11. The number of rotatable bonds is 3. The average Bonchev–Trinajstić information content (AvgIpc) is 2.28. The van der Waals surface area contributed by atoms with E-state index in [4.69, 9.17) is 23.2 Å². The van der Waals surface area contributed by atoms with Gasteiger partial charge in [-0.3, -0.25) is 10.1 Å². The second-order valence-corrected chi connectivity index (χ2v) is 3.80. The molecular formula is C9H5Cl2N5O2. The van der Waals surface area contributed by atoms with Gasteiger partial charge in [-0.15, -0.1) is 0 Å². The van der Waals surface area contributed by atoms with Gasteiger partial charge in [-0.1, -0.05) is 0 Å². The summed E-state index contributed by atoms with van der Waals surface area (Å²) in [6.07, 6.45) is 0. The van der Waals surface area contributed by atoms with Crippen LogP contribution < -0.4 is 5.32 Å². The van der Waals surface area contributed by atoms with Gasteiger partial charge >= 0.3 is 0 Å². The molecule has 2 rings (SSSR count). The number of non-ortho nitro benzene ring substituents is 1. The molecule has 0 aliphatic heterocycles. The van der Waals surface area contributed by atoms with Gasteiger partial charge in [0, 0.05) is 17.8 Å². The molecule has 1 aromatic heterocycles. The number of benzene rings is 1. The monoisotopic (exact) mass is 285 g/mol. The normalized spacial score (nSPS) is 10.1. The van der Waals surface area contributed by atoms with Gasteiger partial charge in [-0.05, 0) is 35.3 Å². The molecule has 0 bridgehead atoms. The molecular weight excluding hydrogens is 281 g/mol. The third-order valence-electron chi connectivity index (χ3n) is 1.92. The van der Waals surface area contributed by atoms with Gasteiger partial charge < -0.3 is 5.32 Å². The summed E-state index contributed by atoms with van der Waals surface area (Å²) in [5.41, 5.74) is 0.561. The maximum atomic E-state index is 10.5. The number of nitro groups is 1. The van der Waals surface area contributed by atoms with Crippen LogP contribution in [0.25, 0.3) is 0 Å². The molecule has 0 fully saturated rings. The highest BCUT2D eigenvalue weighted by atomic mass is 35.5. The van der Waals surface area contributed by atoms with Gasteiger partial charge in [0.2, 0.25) is 16.5 Å². The molecule has 0 radical (unpaired) electrons. The molecule has 0 aliphatic carbocycles. The Hall–Kier alpha value is -1.99. The van der Waals surface area contributed by atoms with Gasteiger partial charge in [0.1, 0.15) is 0 Å². The fourth-order valence-corrected chi connectivity index (χ4v) is 1.54. The van der Waals surface area contributed by atoms with Crippen molar-refractivity contribution < 1.29 is 4.92 Å². The summed E-state index contributed by atoms with van der Waals surface area (Å²) in [5.74, 6) is 0.161. The minimum absolute atomic E-state index is 0.00717. The summed E-state index contributed by atoms with van der Waals surface area (Å²) in [6, 6.07) is 5.74. The summed E-state index contributed by atoms with van der Waals surface area (Å²) in [4.78, 5) is 21.2. The molecule has 1 N–H and O–H groups in total. The van der Waals surface area contributed by atoms with Crippen molar-refractivity contribution in [3.8, 4) is 0 Å². The fraction of sp³-hybridized carbons (Fsp3) is 0. The summed E-state index contributed by atoms with van der Waals surface area (Å²) in [6.45, 7) is 0. The van der Waals surface area contributed by atoms with Crippen LogP contribution in [-0.4, -0.2) is 19.9 Å². The summed E-state index contributed by atoms with van der Waals surface area (Å²) >= 11 is 11.2. The van der Waals surface area contributed by atoms with Crippen molar-refractivity contribution >= 4 is 40.5 Å². The Kier molecular flexibility index (Phi) is 3.54. The molecule has 0 aliphatic rings. The summed E-state index contributed by atoms with van der Waals surface area (Å²) in [7, 11) is 0. The number of nitrogens with zero attached hydrogens (tertiary/aromatic N) is 4. The van der Waals surface area contributed by atoms with Crippen molar-refractivity contribution in [1.29, 1.82) is 0 Å². The zero-order valence-electron chi connectivity index (χ0n) is 8.67. The highest BCUT2D eigenvalue weighted by molar-refractivity contribution is 6.31. The lowest BCUT2D eigenvalue weighted by atomic mass is 10.3.